The van der Waals surface area contributed by atoms with Crippen LogP contribution in [0.5, 0.6) is 0 Å². The molecular formula is C28H30F3N3O4S. The first-order valence-electron chi connectivity index (χ1n) is 12.5. The fourth-order valence-electron chi connectivity index (χ4n) is 4.92. The molecule has 2 heterocycles. The number of aryl methyl sites for hydroxylation is 4. The van der Waals surface area contributed by atoms with Crippen LogP contribution in [0.2, 0.25) is 0 Å². The second kappa shape index (κ2) is 11.0. The second-order valence-corrected chi connectivity index (χ2v) is 11.7. The average molecular weight is 562 g/mol. The third kappa shape index (κ3) is 6.25. The van der Waals surface area contributed by atoms with Crippen molar-refractivity contribution in [1.82, 2.24) is 9.46 Å². The van der Waals surface area contributed by atoms with Gasteiger partial charge in [0.15, 0.2) is 10.7 Å². The molecule has 39 heavy (non-hydrogen) atoms. The van der Waals surface area contributed by atoms with Crippen LogP contribution in [-0.2, 0) is 21.0 Å². The molecule has 1 N–H and O–H groups in total. The Balaban J connectivity index is 1.46. The molecule has 2 aromatic carbocycles. The van der Waals surface area contributed by atoms with E-state index in [-0.39, 0.29) is 48.0 Å². The van der Waals surface area contributed by atoms with Crippen LogP contribution < -0.4 is 5.32 Å². The van der Waals surface area contributed by atoms with Crippen LogP contribution in [0.1, 0.15) is 52.1 Å². The van der Waals surface area contributed by atoms with Crippen LogP contribution in [0, 0.1) is 33.6 Å². The van der Waals surface area contributed by atoms with Crippen molar-refractivity contribution in [2.45, 2.75) is 51.6 Å². The number of piperidine rings is 1. The van der Waals surface area contributed by atoms with Gasteiger partial charge in [-0.25, -0.2) is 8.42 Å². The minimum atomic E-state index is -4.52. The Bertz CT molecular complexity index is 1500. The largest absolute Gasteiger partial charge is 0.416 e. The molecule has 3 aromatic rings. The number of hydrogen-bond donors (Lipinski definition) is 1. The van der Waals surface area contributed by atoms with Gasteiger partial charge in [-0.3, -0.25) is 4.79 Å². The highest BCUT2D eigenvalue weighted by Gasteiger charge is 2.36. The van der Waals surface area contributed by atoms with Crippen molar-refractivity contribution in [3.05, 3.63) is 75.7 Å². The Hall–Kier alpha value is -3.44. The van der Waals surface area contributed by atoms with Gasteiger partial charge in [-0.1, -0.05) is 35.0 Å². The lowest BCUT2D eigenvalue weighted by Crippen LogP contribution is -2.41. The summed E-state index contributed by atoms with van der Waals surface area (Å²) in [6, 6.07) is 8.50. The van der Waals surface area contributed by atoms with Crippen molar-refractivity contribution in [1.29, 1.82) is 0 Å². The van der Waals surface area contributed by atoms with Crippen molar-refractivity contribution in [3.63, 3.8) is 0 Å². The predicted molar refractivity (Wildman–Crippen MR) is 142 cm³/mol. The van der Waals surface area contributed by atoms with Crippen LogP contribution >= 0.6 is 0 Å². The second-order valence-electron chi connectivity index (χ2n) is 9.85. The van der Waals surface area contributed by atoms with Crippen LogP contribution in [-0.4, -0.2) is 36.9 Å². The standard InChI is InChI=1S/C28H30F3N3O4S/c1-17-14-18(2)24(19(3)15-17)8-9-25-26(20(4)33-38-25)39(36,37)34-12-10-21(11-13-34)27(35)32-23-7-5-6-22(16-23)28(29,30)31/h5-9,14-16,21H,10-13H2,1-4H3,(H,32,35). The van der Waals surface area contributed by atoms with Crippen molar-refractivity contribution in [2.75, 3.05) is 18.4 Å². The number of carbonyl (C=O) groups excluding carboxylic acids is 1. The van der Waals surface area contributed by atoms with Crippen molar-refractivity contribution < 1.29 is 30.9 Å². The van der Waals surface area contributed by atoms with E-state index < -0.39 is 33.6 Å². The van der Waals surface area contributed by atoms with Crippen LogP contribution in [0.3, 0.4) is 0 Å². The summed E-state index contributed by atoms with van der Waals surface area (Å²) in [5, 5.41) is 6.41. The number of anilines is 1. The first-order chi connectivity index (χ1) is 18.3. The summed E-state index contributed by atoms with van der Waals surface area (Å²) in [6.07, 6.45) is -0.658. The number of aromatic nitrogens is 1. The molecule has 0 saturated carbocycles. The SMILES string of the molecule is Cc1cc(C)c(C=Cc2onc(C)c2S(=O)(=O)N2CCC(C(=O)Nc3cccc(C(F)(F)F)c3)CC2)c(C)c1. The number of benzene rings is 2. The quantitative estimate of drug-likeness (QED) is 0.391. The highest BCUT2D eigenvalue weighted by atomic mass is 32.2. The molecule has 0 radical (unpaired) electrons. The summed E-state index contributed by atoms with van der Waals surface area (Å²) in [7, 11) is -3.97. The molecule has 1 amide bonds. The number of nitrogens with zero attached hydrogens (tertiary/aromatic N) is 2. The minimum Gasteiger partial charge on any atom is -0.355 e. The Morgan fingerprint density at radius 3 is 2.31 bits per heavy atom. The van der Waals surface area contributed by atoms with Crippen molar-refractivity contribution in [3.8, 4) is 0 Å². The fourth-order valence-corrected chi connectivity index (χ4v) is 6.64. The smallest absolute Gasteiger partial charge is 0.355 e. The number of carbonyl (C=O) groups is 1. The summed E-state index contributed by atoms with van der Waals surface area (Å²) in [5.74, 6) is -0.863. The molecule has 11 heteroatoms. The van der Waals surface area contributed by atoms with Gasteiger partial charge in [-0.2, -0.15) is 17.5 Å². The molecule has 1 aliphatic heterocycles. The topological polar surface area (TPSA) is 92.5 Å². The maximum atomic E-state index is 13.6. The summed E-state index contributed by atoms with van der Waals surface area (Å²) in [4.78, 5) is 12.7. The molecule has 1 aliphatic rings. The lowest BCUT2D eigenvalue weighted by atomic mass is 9.97. The number of hydrogen-bond acceptors (Lipinski definition) is 5. The van der Waals surface area contributed by atoms with E-state index in [0.29, 0.717) is 0 Å². The molecule has 1 aromatic heterocycles. The predicted octanol–water partition coefficient (Wildman–Crippen LogP) is 6.14. The number of nitrogens with one attached hydrogen (secondary N) is 1. The maximum absolute atomic E-state index is 13.6. The van der Waals surface area contributed by atoms with Gasteiger partial charge in [0.25, 0.3) is 0 Å². The van der Waals surface area contributed by atoms with E-state index >= 15 is 0 Å². The molecule has 1 fully saturated rings. The summed E-state index contributed by atoms with van der Waals surface area (Å²) in [5.41, 5.74) is 3.61. The summed E-state index contributed by atoms with van der Waals surface area (Å²) in [6.45, 7) is 7.69. The number of alkyl halides is 3. The van der Waals surface area contributed by atoms with Gasteiger partial charge in [0, 0.05) is 24.7 Å². The molecule has 1 saturated heterocycles. The van der Waals surface area contributed by atoms with Gasteiger partial charge in [0.2, 0.25) is 15.9 Å². The molecular weight excluding hydrogens is 531 g/mol. The van der Waals surface area contributed by atoms with Crippen LogP contribution in [0.15, 0.2) is 45.8 Å². The molecule has 0 unspecified atom stereocenters. The Morgan fingerprint density at radius 2 is 1.69 bits per heavy atom. The van der Waals surface area contributed by atoms with Gasteiger partial charge in [-0.15, -0.1) is 0 Å². The first kappa shape index (κ1) is 28.6. The number of amides is 1. The molecule has 0 atom stereocenters. The van der Waals surface area contributed by atoms with Gasteiger partial charge in [0.1, 0.15) is 5.69 Å². The highest BCUT2D eigenvalue weighted by molar-refractivity contribution is 7.89. The lowest BCUT2D eigenvalue weighted by Gasteiger charge is -2.30. The Kier molecular flexibility index (Phi) is 8.04. The van der Waals surface area contributed by atoms with Crippen LogP contribution in [0.25, 0.3) is 12.2 Å². The van der Waals surface area contributed by atoms with E-state index in [1.165, 1.54) is 16.4 Å². The normalized spacial score (nSPS) is 15.7. The summed E-state index contributed by atoms with van der Waals surface area (Å²) < 4.78 is 72.7. The number of rotatable bonds is 6. The number of sulfonamides is 1. The molecule has 0 aliphatic carbocycles. The zero-order valence-electron chi connectivity index (χ0n) is 22.1. The monoisotopic (exact) mass is 561 g/mol. The molecule has 208 valence electrons. The van der Waals surface area contributed by atoms with Gasteiger partial charge < -0.3 is 9.84 Å². The lowest BCUT2D eigenvalue weighted by molar-refractivity contribution is -0.137. The van der Waals surface area contributed by atoms with E-state index in [1.807, 2.05) is 39.0 Å². The van der Waals surface area contributed by atoms with E-state index in [4.69, 9.17) is 4.52 Å². The Labute approximate surface area is 225 Å². The first-order valence-corrected chi connectivity index (χ1v) is 13.9. The summed E-state index contributed by atoms with van der Waals surface area (Å²) >= 11 is 0. The molecule has 0 spiro atoms. The van der Waals surface area contributed by atoms with Crippen molar-refractivity contribution in [2.24, 2.45) is 5.92 Å². The minimum absolute atomic E-state index is 0.0203. The Morgan fingerprint density at radius 1 is 1.05 bits per heavy atom. The maximum Gasteiger partial charge on any atom is 0.416 e. The third-order valence-electron chi connectivity index (χ3n) is 6.85. The molecule has 0 bridgehead atoms. The van der Waals surface area contributed by atoms with Gasteiger partial charge in [-0.05, 0) is 81.5 Å². The van der Waals surface area contributed by atoms with E-state index in [1.54, 1.807) is 13.0 Å². The zero-order chi connectivity index (χ0) is 28.5. The van der Waals surface area contributed by atoms with Gasteiger partial charge in [0.05, 0.1) is 5.56 Å². The van der Waals surface area contributed by atoms with Crippen molar-refractivity contribution >= 4 is 33.8 Å². The molecule has 4 rings (SSSR count). The highest BCUT2D eigenvalue weighted by Crippen LogP contribution is 2.32. The van der Waals surface area contributed by atoms with Crippen LogP contribution in [0.4, 0.5) is 18.9 Å². The van der Waals surface area contributed by atoms with E-state index in [2.05, 4.69) is 10.5 Å². The number of halogens is 3. The third-order valence-corrected chi connectivity index (χ3v) is 8.91. The van der Waals surface area contributed by atoms with E-state index in [0.717, 1.165) is 34.4 Å². The molecule has 7 nitrogen and oxygen atoms in total. The average Bonchev–Trinajstić information content (AvgIpc) is 3.24. The van der Waals surface area contributed by atoms with Gasteiger partial charge >= 0.3 is 6.18 Å². The fraction of sp³-hybridized carbons (Fsp3) is 0.357. The zero-order valence-corrected chi connectivity index (χ0v) is 22.9. The van der Waals surface area contributed by atoms with E-state index in [9.17, 15) is 26.4 Å².